The van der Waals surface area contributed by atoms with Crippen molar-refractivity contribution in [3.8, 4) is 5.75 Å². The SMILES string of the molecule is COc1ccc(S(=O)(=O)NC2CC2)cc1NC(=O)CCc1ccc(F)c(F)c1. The molecule has 1 fully saturated rings. The number of amides is 1. The van der Waals surface area contributed by atoms with Gasteiger partial charge in [0.15, 0.2) is 11.6 Å². The summed E-state index contributed by atoms with van der Waals surface area (Å²) in [6.07, 6.45) is 1.82. The number of halogens is 2. The first-order valence-corrected chi connectivity index (χ1v) is 10.2. The number of sulfonamides is 1. The molecule has 0 atom stereocenters. The molecule has 2 aromatic carbocycles. The largest absolute Gasteiger partial charge is 0.495 e. The molecule has 0 spiro atoms. The van der Waals surface area contributed by atoms with Crippen molar-refractivity contribution in [1.29, 1.82) is 0 Å². The minimum absolute atomic E-state index is 0.00548. The molecule has 150 valence electrons. The number of aryl methyl sites for hydroxylation is 1. The highest BCUT2D eigenvalue weighted by Gasteiger charge is 2.28. The lowest BCUT2D eigenvalue weighted by Gasteiger charge is -2.13. The van der Waals surface area contributed by atoms with Gasteiger partial charge in [-0.3, -0.25) is 4.79 Å². The van der Waals surface area contributed by atoms with Crippen molar-refractivity contribution in [3.05, 3.63) is 53.6 Å². The van der Waals surface area contributed by atoms with Crippen LogP contribution in [0.25, 0.3) is 0 Å². The third kappa shape index (κ3) is 5.05. The summed E-state index contributed by atoms with van der Waals surface area (Å²) in [5.41, 5.74) is 0.697. The molecule has 0 radical (unpaired) electrons. The molecule has 0 unspecified atom stereocenters. The van der Waals surface area contributed by atoms with E-state index in [9.17, 15) is 22.0 Å². The smallest absolute Gasteiger partial charge is 0.240 e. The maximum Gasteiger partial charge on any atom is 0.240 e. The second kappa shape index (κ2) is 8.24. The number of hydrogen-bond donors (Lipinski definition) is 2. The van der Waals surface area contributed by atoms with E-state index in [-0.39, 0.29) is 29.5 Å². The minimum Gasteiger partial charge on any atom is -0.495 e. The monoisotopic (exact) mass is 410 g/mol. The van der Waals surface area contributed by atoms with Crippen molar-refractivity contribution >= 4 is 21.6 Å². The predicted molar refractivity (Wildman–Crippen MR) is 99.6 cm³/mol. The summed E-state index contributed by atoms with van der Waals surface area (Å²) in [5, 5.41) is 2.62. The van der Waals surface area contributed by atoms with Crippen LogP contribution in [-0.4, -0.2) is 27.5 Å². The highest BCUT2D eigenvalue weighted by Crippen LogP contribution is 2.29. The van der Waals surface area contributed by atoms with Crippen LogP contribution in [0.15, 0.2) is 41.3 Å². The quantitative estimate of drug-likeness (QED) is 0.701. The van der Waals surface area contributed by atoms with Crippen LogP contribution in [-0.2, 0) is 21.2 Å². The lowest BCUT2D eigenvalue weighted by Crippen LogP contribution is -2.26. The van der Waals surface area contributed by atoms with Crippen molar-refractivity contribution in [2.24, 2.45) is 0 Å². The van der Waals surface area contributed by atoms with Gasteiger partial charge in [-0.1, -0.05) is 6.07 Å². The Hall–Kier alpha value is -2.52. The second-order valence-corrected chi connectivity index (χ2v) is 8.27. The van der Waals surface area contributed by atoms with Crippen LogP contribution in [0.5, 0.6) is 5.75 Å². The predicted octanol–water partition coefficient (Wildman–Crippen LogP) is 2.99. The Labute approximate surface area is 162 Å². The minimum atomic E-state index is -3.68. The molecule has 28 heavy (non-hydrogen) atoms. The number of nitrogens with one attached hydrogen (secondary N) is 2. The number of methoxy groups -OCH3 is 1. The molecule has 2 N–H and O–H groups in total. The zero-order valence-corrected chi connectivity index (χ0v) is 16.0. The number of anilines is 1. The Kier molecular flexibility index (Phi) is 5.95. The van der Waals surface area contributed by atoms with Crippen LogP contribution in [0.3, 0.4) is 0 Å². The number of rotatable bonds is 8. The molecular weight excluding hydrogens is 390 g/mol. The third-order valence-corrected chi connectivity index (χ3v) is 5.80. The molecule has 0 aromatic heterocycles. The molecule has 0 saturated heterocycles. The first kappa shape index (κ1) is 20.2. The summed E-state index contributed by atoms with van der Waals surface area (Å²) >= 11 is 0. The topological polar surface area (TPSA) is 84.5 Å². The molecular formula is C19H20F2N2O4S. The van der Waals surface area contributed by atoms with Gasteiger partial charge in [0.25, 0.3) is 0 Å². The Morgan fingerprint density at radius 3 is 2.54 bits per heavy atom. The van der Waals surface area contributed by atoms with E-state index >= 15 is 0 Å². The standard InChI is InChI=1S/C19H20F2N2O4S/c1-27-18-8-6-14(28(25,26)23-13-4-5-13)11-17(18)22-19(24)9-3-12-2-7-15(20)16(21)10-12/h2,6-8,10-11,13,23H,3-5,9H2,1H3,(H,22,24). The van der Waals surface area contributed by atoms with Crippen molar-refractivity contribution < 1.29 is 26.7 Å². The van der Waals surface area contributed by atoms with E-state index in [4.69, 9.17) is 4.74 Å². The molecule has 2 aromatic rings. The van der Waals surface area contributed by atoms with Crippen LogP contribution in [0.2, 0.25) is 0 Å². The van der Waals surface area contributed by atoms with E-state index < -0.39 is 27.6 Å². The van der Waals surface area contributed by atoms with E-state index in [0.29, 0.717) is 11.3 Å². The van der Waals surface area contributed by atoms with Gasteiger partial charge in [0.05, 0.1) is 17.7 Å². The molecule has 1 amide bonds. The highest BCUT2D eigenvalue weighted by molar-refractivity contribution is 7.89. The van der Waals surface area contributed by atoms with Gasteiger partial charge >= 0.3 is 0 Å². The number of benzene rings is 2. The molecule has 1 aliphatic carbocycles. The third-order valence-electron chi connectivity index (χ3n) is 4.28. The lowest BCUT2D eigenvalue weighted by molar-refractivity contribution is -0.116. The van der Waals surface area contributed by atoms with Crippen LogP contribution >= 0.6 is 0 Å². The van der Waals surface area contributed by atoms with Crippen molar-refractivity contribution in [1.82, 2.24) is 4.72 Å². The van der Waals surface area contributed by atoms with Gasteiger partial charge in [-0.05, 0) is 55.2 Å². The van der Waals surface area contributed by atoms with Gasteiger partial charge in [-0.25, -0.2) is 21.9 Å². The van der Waals surface area contributed by atoms with Crippen molar-refractivity contribution in [2.75, 3.05) is 12.4 Å². The van der Waals surface area contributed by atoms with E-state index in [2.05, 4.69) is 10.0 Å². The van der Waals surface area contributed by atoms with Crippen LogP contribution in [0, 0.1) is 11.6 Å². The van der Waals surface area contributed by atoms with E-state index in [1.807, 2.05) is 0 Å². The highest BCUT2D eigenvalue weighted by atomic mass is 32.2. The van der Waals surface area contributed by atoms with Crippen molar-refractivity contribution in [3.63, 3.8) is 0 Å². The van der Waals surface area contributed by atoms with Gasteiger partial charge < -0.3 is 10.1 Å². The second-order valence-electron chi connectivity index (χ2n) is 6.55. The van der Waals surface area contributed by atoms with Crippen LogP contribution in [0.4, 0.5) is 14.5 Å². The maximum atomic E-state index is 13.2. The van der Waals surface area contributed by atoms with Crippen LogP contribution < -0.4 is 14.8 Å². The normalized spacial score (nSPS) is 14.0. The number of carbonyl (C=O) groups is 1. The summed E-state index contributed by atoms with van der Waals surface area (Å²) in [5.74, 6) is -2.02. The maximum absolute atomic E-state index is 13.2. The summed E-state index contributed by atoms with van der Waals surface area (Å²) in [6, 6.07) is 7.61. The molecule has 0 heterocycles. The van der Waals surface area contributed by atoms with Gasteiger partial charge in [0, 0.05) is 12.5 Å². The van der Waals surface area contributed by atoms with E-state index in [1.54, 1.807) is 0 Å². The summed E-state index contributed by atoms with van der Waals surface area (Å²) in [7, 11) is -2.27. The molecule has 1 aliphatic rings. The zero-order valence-electron chi connectivity index (χ0n) is 15.2. The number of carbonyl (C=O) groups excluding carboxylic acids is 1. The summed E-state index contributed by atoms with van der Waals surface area (Å²) < 4.78 is 58.7. The molecule has 3 rings (SSSR count). The molecule has 9 heteroatoms. The summed E-state index contributed by atoms with van der Waals surface area (Å²) in [6.45, 7) is 0. The van der Waals surface area contributed by atoms with Crippen LogP contribution in [0.1, 0.15) is 24.8 Å². The number of ether oxygens (including phenoxy) is 1. The van der Waals surface area contributed by atoms with Gasteiger partial charge in [0.2, 0.25) is 15.9 Å². The van der Waals surface area contributed by atoms with Crippen molar-refractivity contribution in [2.45, 2.75) is 36.6 Å². The first-order valence-electron chi connectivity index (χ1n) is 8.72. The molecule has 0 bridgehead atoms. The fraction of sp³-hybridized carbons (Fsp3) is 0.316. The zero-order chi connectivity index (χ0) is 20.3. The summed E-state index contributed by atoms with van der Waals surface area (Å²) in [4.78, 5) is 12.3. The molecule has 0 aliphatic heterocycles. The van der Waals surface area contributed by atoms with E-state index in [0.717, 1.165) is 25.0 Å². The molecule has 1 saturated carbocycles. The fourth-order valence-electron chi connectivity index (χ4n) is 2.61. The first-order chi connectivity index (χ1) is 13.3. The Bertz CT molecular complexity index is 991. The van der Waals surface area contributed by atoms with Gasteiger partial charge in [-0.2, -0.15) is 0 Å². The fourth-order valence-corrected chi connectivity index (χ4v) is 3.94. The average molecular weight is 410 g/mol. The Balaban J connectivity index is 1.69. The van der Waals surface area contributed by atoms with E-state index in [1.165, 1.54) is 31.4 Å². The van der Waals surface area contributed by atoms with Gasteiger partial charge in [0.1, 0.15) is 5.75 Å². The average Bonchev–Trinajstić information content (AvgIpc) is 3.46. The Morgan fingerprint density at radius 2 is 1.89 bits per heavy atom. The lowest BCUT2D eigenvalue weighted by atomic mass is 10.1. The Morgan fingerprint density at radius 1 is 1.14 bits per heavy atom. The van der Waals surface area contributed by atoms with Gasteiger partial charge in [-0.15, -0.1) is 0 Å². The molecule has 6 nitrogen and oxygen atoms in total. The number of hydrogen-bond acceptors (Lipinski definition) is 4.